The number of rotatable bonds is 9. The van der Waals surface area contributed by atoms with E-state index < -0.39 is 0 Å². The van der Waals surface area contributed by atoms with Gasteiger partial charge in [-0.25, -0.2) is 0 Å². The molecular formula is C24H30N4O2S. The van der Waals surface area contributed by atoms with Gasteiger partial charge < -0.3 is 14.6 Å². The van der Waals surface area contributed by atoms with E-state index in [0.717, 1.165) is 28.4 Å². The number of amides is 1. The SMILES string of the molecule is CCn1c(COc2cc(C)ccc2C(C)C)nnc1SCC(=O)Nc1ccccc1C. The highest BCUT2D eigenvalue weighted by Crippen LogP contribution is 2.28. The molecule has 3 rings (SSSR count). The maximum Gasteiger partial charge on any atom is 0.234 e. The van der Waals surface area contributed by atoms with Crippen LogP contribution < -0.4 is 10.1 Å². The summed E-state index contributed by atoms with van der Waals surface area (Å²) >= 11 is 1.38. The van der Waals surface area contributed by atoms with E-state index in [-0.39, 0.29) is 11.7 Å². The summed E-state index contributed by atoms with van der Waals surface area (Å²) < 4.78 is 8.12. The fraction of sp³-hybridized carbons (Fsp3) is 0.375. The van der Waals surface area contributed by atoms with Crippen molar-refractivity contribution in [2.75, 3.05) is 11.1 Å². The van der Waals surface area contributed by atoms with E-state index in [2.05, 4.69) is 54.5 Å². The van der Waals surface area contributed by atoms with Crippen molar-refractivity contribution in [2.24, 2.45) is 0 Å². The molecule has 0 saturated carbocycles. The number of hydrogen-bond acceptors (Lipinski definition) is 5. The zero-order valence-corrected chi connectivity index (χ0v) is 19.6. The number of hydrogen-bond donors (Lipinski definition) is 1. The minimum Gasteiger partial charge on any atom is -0.485 e. The Balaban J connectivity index is 1.64. The number of ether oxygens (including phenoxy) is 1. The second-order valence-electron chi connectivity index (χ2n) is 7.78. The third-order valence-corrected chi connectivity index (χ3v) is 5.98. The number of benzene rings is 2. The van der Waals surface area contributed by atoms with Gasteiger partial charge in [0, 0.05) is 12.2 Å². The van der Waals surface area contributed by atoms with Gasteiger partial charge >= 0.3 is 0 Å². The Kier molecular flexibility index (Phi) is 7.74. The lowest BCUT2D eigenvalue weighted by Crippen LogP contribution is -2.15. The average Bonchev–Trinajstić information content (AvgIpc) is 3.14. The molecule has 0 spiro atoms. The number of nitrogens with one attached hydrogen (secondary N) is 1. The van der Waals surface area contributed by atoms with E-state index in [0.29, 0.717) is 24.2 Å². The third-order valence-electron chi connectivity index (χ3n) is 5.01. The van der Waals surface area contributed by atoms with Gasteiger partial charge in [0.05, 0.1) is 5.75 Å². The van der Waals surface area contributed by atoms with Crippen LogP contribution in [0.25, 0.3) is 0 Å². The molecule has 6 nitrogen and oxygen atoms in total. The predicted molar refractivity (Wildman–Crippen MR) is 126 cm³/mol. The summed E-state index contributed by atoms with van der Waals surface area (Å²) in [5.41, 5.74) is 4.20. The minimum atomic E-state index is -0.0657. The fourth-order valence-corrected chi connectivity index (χ4v) is 4.09. The molecule has 2 aromatic carbocycles. The molecule has 7 heteroatoms. The van der Waals surface area contributed by atoms with Crippen LogP contribution in [0, 0.1) is 13.8 Å². The van der Waals surface area contributed by atoms with Crippen LogP contribution in [0.15, 0.2) is 47.6 Å². The van der Waals surface area contributed by atoms with Gasteiger partial charge in [0.2, 0.25) is 5.91 Å². The first-order chi connectivity index (χ1) is 14.9. The van der Waals surface area contributed by atoms with Crippen LogP contribution in [0.5, 0.6) is 5.75 Å². The number of carbonyl (C=O) groups excluding carboxylic acids is 1. The Morgan fingerprint density at radius 1 is 1.16 bits per heavy atom. The Morgan fingerprint density at radius 3 is 2.65 bits per heavy atom. The summed E-state index contributed by atoms with van der Waals surface area (Å²) in [6, 6.07) is 14.0. The summed E-state index contributed by atoms with van der Waals surface area (Å²) in [7, 11) is 0. The van der Waals surface area contributed by atoms with Gasteiger partial charge in [-0.1, -0.05) is 55.9 Å². The van der Waals surface area contributed by atoms with Crippen molar-refractivity contribution >= 4 is 23.4 Å². The van der Waals surface area contributed by atoms with Gasteiger partial charge in [0.15, 0.2) is 11.0 Å². The van der Waals surface area contributed by atoms with Crippen LogP contribution in [0.4, 0.5) is 5.69 Å². The first kappa shape index (κ1) is 22.9. The number of nitrogens with zero attached hydrogens (tertiary/aromatic N) is 3. The number of anilines is 1. The second-order valence-corrected chi connectivity index (χ2v) is 8.72. The van der Waals surface area contributed by atoms with Crippen molar-refractivity contribution in [1.29, 1.82) is 0 Å². The van der Waals surface area contributed by atoms with E-state index in [1.54, 1.807) is 0 Å². The zero-order valence-electron chi connectivity index (χ0n) is 18.8. The van der Waals surface area contributed by atoms with Gasteiger partial charge in [-0.15, -0.1) is 10.2 Å². The Bertz CT molecular complexity index is 1050. The molecule has 0 aliphatic carbocycles. The highest BCUT2D eigenvalue weighted by atomic mass is 32.2. The molecule has 1 aromatic heterocycles. The van der Waals surface area contributed by atoms with Crippen LogP contribution >= 0.6 is 11.8 Å². The maximum absolute atomic E-state index is 12.4. The van der Waals surface area contributed by atoms with E-state index in [4.69, 9.17) is 4.74 Å². The Hall–Kier alpha value is -2.80. The topological polar surface area (TPSA) is 69.0 Å². The zero-order chi connectivity index (χ0) is 22.4. The van der Waals surface area contributed by atoms with Gasteiger partial charge in [-0.2, -0.15) is 0 Å². The lowest BCUT2D eigenvalue weighted by Gasteiger charge is -2.15. The smallest absolute Gasteiger partial charge is 0.234 e. The normalized spacial score (nSPS) is 11.0. The van der Waals surface area contributed by atoms with Crippen molar-refractivity contribution in [3.8, 4) is 5.75 Å². The van der Waals surface area contributed by atoms with Gasteiger partial charge in [-0.05, 0) is 55.5 Å². The molecule has 0 fully saturated rings. The van der Waals surface area contributed by atoms with Crippen molar-refractivity contribution < 1.29 is 9.53 Å². The largest absolute Gasteiger partial charge is 0.485 e. The molecule has 0 unspecified atom stereocenters. The van der Waals surface area contributed by atoms with Crippen LogP contribution in [-0.2, 0) is 17.9 Å². The molecule has 1 heterocycles. The third kappa shape index (κ3) is 5.88. The fourth-order valence-electron chi connectivity index (χ4n) is 3.27. The van der Waals surface area contributed by atoms with Crippen LogP contribution in [0.3, 0.4) is 0 Å². The first-order valence-electron chi connectivity index (χ1n) is 10.5. The summed E-state index contributed by atoms with van der Waals surface area (Å²) in [5, 5.41) is 12.3. The number of aryl methyl sites for hydroxylation is 2. The highest BCUT2D eigenvalue weighted by molar-refractivity contribution is 7.99. The lowest BCUT2D eigenvalue weighted by molar-refractivity contribution is -0.113. The second kappa shape index (κ2) is 10.5. The molecule has 0 bridgehead atoms. The minimum absolute atomic E-state index is 0.0657. The number of para-hydroxylation sites is 1. The van der Waals surface area contributed by atoms with Crippen molar-refractivity contribution in [2.45, 2.75) is 58.8 Å². The molecule has 31 heavy (non-hydrogen) atoms. The molecule has 1 N–H and O–H groups in total. The van der Waals surface area contributed by atoms with Crippen molar-refractivity contribution in [1.82, 2.24) is 14.8 Å². The van der Waals surface area contributed by atoms with Gasteiger partial charge in [-0.3, -0.25) is 4.79 Å². The standard InChI is InChI=1S/C24H30N4O2S/c1-6-28-22(14-30-21-13-17(4)11-12-19(21)16(2)3)26-27-24(28)31-15-23(29)25-20-10-8-7-9-18(20)5/h7-13,16H,6,14-15H2,1-5H3,(H,25,29). The van der Waals surface area contributed by atoms with Crippen molar-refractivity contribution in [3.63, 3.8) is 0 Å². The van der Waals surface area contributed by atoms with E-state index >= 15 is 0 Å². The highest BCUT2D eigenvalue weighted by Gasteiger charge is 2.15. The Morgan fingerprint density at radius 2 is 1.94 bits per heavy atom. The van der Waals surface area contributed by atoms with Gasteiger partial charge in [0.25, 0.3) is 0 Å². The van der Waals surface area contributed by atoms with E-state index in [9.17, 15) is 4.79 Å². The number of carbonyl (C=O) groups is 1. The van der Waals surface area contributed by atoms with E-state index in [1.807, 2.05) is 42.7 Å². The van der Waals surface area contributed by atoms with Crippen LogP contribution in [0.2, 0.25) is 0 Å². The van der Waals surface area contributed by atoms with Gasteiger partial charge in [0.1, 0.15) is 12.4 Å². The van der Waals surface area contributed by atoms with Crippen LogP contribution in [0.1, 0.15) is 49.2 Å². The molecule has 1 amide bonds. The molecule has 0 saturated heterocycles. The molecule has 164 valence electrons. The maximum atomic E-state index is 12.4. The molecule has 0 radical (unpaired) electrons. The lowest BCUT2D eigenvalue weighted by atomic mass is 10.0. The molecular weight excluding hydrogens is 408 g/mol. The Labute approximate surface area is 188 Å². The molecule has 3 aromatic rings. The predicted octanol–water partition coefficient (Wildman–Crippen LogP) is 5.35. The summed E-state index contributed by atoms with van der Waals surface area (Å²) in [6.45, 7) is 11.4. The molecule has 0 atom stereocenters. The molecule has 0 aliphatic heterocycles. The summed E-state index contributed by atoms with van der Waals surface area (Å²) in [5.74, 6) is 2.21. The average molecular weight is 439 g/mol. The van der Waals surface area contributed by atoms with Crippen molar-refractivity contribution in [3.05, 3.63) is 65.0 Å². The summed E-state index contributed by atoms with van der Waals surface area (Å²) in [4.78, 5) is 12.4. The van der Waals surface area contributed by atoms with Crippen LogP contribution in [-0.4, -0.2) is 26.4 Å². The number of aromatic nitrogens is 3. The summed E-state index contributed by atoms with van der Waals surface area (Å²) in [6.07, 6.45) is 0. The monoisotopic (exact) mass is 438 g/mol. The first-order valence-corrected chi connectivity index (χ1v) is 11.5. The molecule has 0 aliphatic rings. The quantitative estimate of drug-likeness (QED) is 0.456. The number of thioether (sulfide) groups is 1. The van der Waals surface area contributed by atoms with E-state index in [1.165, 1.54) is 17.3 Å².